The Hall–Kier alpha value is -1.58. The zero-order valence-corrected chi connectivity index (χ0v) is 10.5. The van der Waals surface area contributed by atoms with E-state index in [-0.39, 0.29) is 6.04 Å². The Morgan fingerprint density at radius 3 is 2.67 bits per heavy atom. The fourth-order valence-corrected chi connectivity index (χ4v) is 2.16. The minimum Gasteiger partial charge on any atom is -0.459 e. The largest absolute Gasteiger partial charge is 0.459 e. The van der Waals surface area contributed by atoms with Crippen LogP contribution in [-0.2, 0) is 4.74 Å². The molecule has 2 heterocycles. The van der Waals surface area contributed by atoms with Gasteiger partial charge in [-0.2, -0.15) is 0 Å². The molecule has 94 valence electrons. The predicted octanol–water partition coefficient (Wildman–Crippen LogP) is 2.92. The molecule has 0 saturated carbocycles. The van der Waals surface area contributed by atoms with Crippen molar-refractivity contribution < 1.29 is 9.15 Å². The maximum atomic E-state index is 5.91. The zero-order chi connectivity index (χ0) is 12.4. The number of benzene rings is 1. The van der Waals surface area contributed by atoms with E-state index in [0.29, 0.717) is 6.61 Å². The summed E-state index contributed by atoms with van der Waals surface area (Å²) in [5, 5.41) is 3.39. The average molecular weight is 243 g/mol. The lowest BCUT2D eigenvalue weighted by atomic mass is 10.1. The third-order valence-electron chi connectivity index (χ3n) is 3.23. The average Bonchev–Trinajstić information content (AvgIpc) is 2.90. The van der Waals surface area contributed by atoms with E-state index in [1.54, 1.807) is 0 Å². The number of hydrogen-bond donors (Lipinski definition) is 1. The molecule has 0 bridgehead atoms. The van der Waals surface area contributed by atoms with Crippen molar-refractivity contribution in [2.75, 3.05) is 19.8 Å². The summed E-state index contributed by atoms with van der Waals surface area (Å²) in [6, 6.07) is 12.6. The van der Waals surface area contributed by atoms with Crippen LogP contribution in [0.15, 0.2) is 40.8 Å². The molecule has 3 rings (SSSR count). The molecule has 0 amide bonds. The van der Waals surface area contributed by atoms with Crippen LogP contribution in [0.4, 0.5) is 0 Å². The summed E-state index contributed by atoms with van der Waals surface area (Å²) in [6.07, 6.45) is 0. The first-order valence-corrected chi connectivity index (χ1v) is 6.31. The molecule has 18 heavy (non-hydrogen) atoms. The van der Waals surface area contributed by atoms with Crippen molar-refractivity contribution in [1.29, 1.82) is 0 Å². The number of ether oxygens (including phenoxy) is 1. The molecule has 3 heteroatoms. The summed E-state index contributed by atoms with van der Waals surface area (Å²) < 4.78 is 11.4. The fourth-order valence-electron chi connectivity index (χ4n) is 2.16. The molecule has 1 aliphatic heterocycles. The number of morpholine rings is 1. The molecule has 1 atom stereocenters. The normalized spacial score (nSPS) is 19.9. The molecule has 3 nitrogen and oxygen atoms in total. The van der Waals surface area contributed by atoms with E-state index in [1.165, 1.54) is 5.56 Å². The molecule has 1 N–H and O–H groups in total. The van der Waals surface area contributed by atoms with E-state index in [1.807, 2.05) is 12.1 Å². The SMILES string of the molecule is Cc1ccc(-c2ccc(C3COCCN3)o2)cc1. The zero-order valence-electron chi connectivity index (χ0n) is 10.5. The topological polar surface area (TPSA) is 34.4 Å². The van der Waals surface area contributed by atoms with Crippen molar-refractivity contribution in [3.05, 3.63) is 47.7 Å². The van der Waals surface area contributed by atoms with Crippen LogP contribution in [0.25, 0.3) is 11.3 Å². The molecular formula is C15H17NO2. The Labute approximate surface area is 107 Å². The summed E-state index contributed by atoms with van der Waals surface area (Å²) in [7, 11) is 0. The van der Waals surface area contributed by atoms with E-state index in [2.05, 4.69) is 36.5 Å². The van der Waals surface area contributed by atoms with Crippen molar-refractivity contribution in [2.45, 2.75) is 13.0 Å². The van der Waals surface area contributed by atoms with Crippen LogP contribution < -0.4 is 5.32 Å². The molecule has 1 aliphatic rings. The summed E-state index contributed by atoms with van der Waals surface area (Å²) in [5.74, 6) is 1.86. The highest BCUT2D eigenvalue weighted by Gasteiger charge is 2.18. The van der Waals surface area contributed by atoms with Gasteiger partial charge in [-0.05, 0) is 19.1 Å². The van der Waals surface area contributed by atoms with E-state index in [4.69, 9.17) is 9.15 Å². The van der Waals surface area contributed by atoms with Gasteiger partial charge in [0.1, 0.15) is 11.5 Å². The number of rotatable bonds is 2. The summed E-state index contributed by atoms with van der Waals surface area (Å²) in [4.78, 5) is 0. The lowest BCUT2D eigenvalue weighted by Gasteiger charge is -2.21. The standard InChI is InChI=1S/C15H17NO2/c1-11-2-4-12(5-3-11)14-6-7-15(18-14)13-10-17-9-8-16-13/h2-7,13,16H,8-10H2,1H3. The quantitative estimate of drug-likeness (QED) is 0.880. The second-order valence-corrected chi connectivity index (χ2v) is 4.65. The van der Waals surface area contributed by atoms with Crippen LogP contribution in [-0.4, -0.2) is 19.8 Å². The highest BCUT2D eigenvalue weighted by atomic mass is 16.5. The molecule has 1 fully saturated rings. The van der Waals surface area contributed by atoms with Crippen LogP contribution in [0.5, 0.6) is 0 Å². The van der Waals surface area contributed by atoms with Gasteiger partial charge in [-0.3, -0.25) is 0 Å². The molecule has 0 spiro atoms. The maximum absolute atomic E-state index is 5.91. The Morgan fingerprint density at radius 2 is 1.94 bits per heavy atom. The Morgan fingerprint density at radius 1 is 1.11 bits per heavy atom. The van der Waals surface area contributed by atoms with Gasteiger partial charge in [-0.15, -0.1) is 0 Å². The number of aryl methyl sites for hydroxylation is 1. The predicted molar refractivity (Wildman–Crippen MR) is 70.4 cm³/mol. The third kappa shape index (κ3) is 2.33. The Bertz CT molecular complexity index is 510. The summed E-state index contributed by atoms with van der Waals surface area (Å²) in [6.45, 7) is 4.43. The van der Waals surface area contributed by atoms with Crippen LogP contribution >= 0.6 is 0 Å². The summed E-state index contributed by atoms with van der Waals surface area (Å²) in [5.41, 5.74) is 2.37. The highest BCUT2D eigenvalue weighted by molar-refractivity contribution is 5.58. The first-order chi connectivity index (χ1) is 8.83. The first kappa shape index (κ1) is 11.5. The highest BCUT2D eigenvalue weighted by Crippen LogP contribution is 2.26. The monoisotopic (exact) mass is 243 g/mol. The summed E-state index contributed by atoms with van der Waals surface area (Å²) >= 11 is 0. The van der Waals surface area contributed by atoms with Gasteiger partial charge in [0.15, 0.2) is 0 Å². The van der Waals surface area contributed by atoms with Crippen molar-refractivity contribution in [3.63, 3.8) is 0 Å². The second-order valence-electron chi connectivity index (χ2n) is 4.65. The van der Waals surface area contributed by atoms with E-state index in [9.17, 15) is 0 Å². The smallest absolute Gasteiger partial charge is 0.134 e. The van der Waals surface area contributed by atoms with Crippen molar-refractivity contribution >= 4 is 0 Å². The van der Waals surface area contributed by atoms with Crippen LogP contribution in [0.1, 0.15) is 17.4 Å². The molecular weight excluding hydrogens is 226 g/mol. The van der Waals surface area contributed by atoms with E-state index < -0.39 is 0 Å². The number of nitrogens with one attached hydrogen (secondary N) is 1. The minimum absolute atomic E-state index is 0.179. The number of furan rings is 1. The van der Waals surface area contributed by atoms with Gasteiger partial charge in [-0.1, -0.05) is 29.8 Å². The molecule has 1 aromatic carbocycles. The van der Waals surface area contributed by atoms with Gasteiger partial charge >= 0.3 is 0 Å². The van der Waals surface area contributed by atoms with Crippen LogP contribution in [0.2, 0.25) is 0 Å². The fraction of sp³-hybridized carbons (Fsp3) is 0.333. The first-order valence-electron chi connectivity index (χ1n) is 6.31. The lowest BCUT2D eigenvalue weighted by molar-refractivity contribution is 0.0701. The van der Waals surface area contributed by atoms with Gasteiger partial charge < -0.3 is 14.5 Å². The molecule has 1 saturated heterocycles. The van der Waals surface area contributed by atoms with Crippen LogP contribution in [0.3, 0.4) is 0 Å². The van der Waals surface area contributed by atoms with Crippen molar-refractivity contribution in [2.24, 2.45) is 0 Å². The van der Waals surface area contributed by atoms with Crippen molar-refractivity contribution in [1.82, 2.24) is 5.32 Å². The molecule has 0 radical (unpaired) electrons. The van der Waals surface area contributed by atoms with Gasteiger partial charge in [0, 0.05) is 12.1 Å². The van der Waals surface area contributed by atoms with E-state index in [0.717, 1.165) is 30.2 Å². The third-order valence-corrected chi connectivity index (χ3v) is 3.23. The van der Waals surface area contributed by atoms with Gasteiger partial charge in [0.25, 0.3) is 0 Å². The molecule has 1 unspecified atom stereocenters. The molecule has 0 aliphatic carbocycles. The lowest BCUT2D eigenvalue weighted by Crippen LogP contribution is -2.34. The number of hydrogen-bond acceptors (Lipinski definition) is 3. The molecule has 1 aromatic heterocycles. The Balaban J connectivity index is 1.82. The van der Waals surface area contributed by atoms with Gasteiger partial charge in [0.2, 0.25) is 0 Å². The molecule has 2 aromatic rings. The van der Waals surface area contributed by atoms with E-state index >= 15 is 0 Å². The minimum atomic E-state index is 0.179. The van der Waals surface area contributed by atoms with Crippen LogP contribution in [0, 0.1) is 6.92 Å². The Kier molecular flexibility index (Phi) is 3.17. The maximum Gasteiger partial charge on any atom is 0.134 e. The van der Waals surface area contributed by atoms with Crippen molar-refractivity contribution in [3.8, 4) is 11.3 Å². The van der Waals surface area contributed by atoms with Gasteiger partial charge in [-0.25, -0.2) is 0 Å². The van der Waals surface area contributed by atoms with Gasteiger partial charge in [0.05, 0.1) is 19.3 Å². The second kappa shape index (κ2) is 4.96.